The molecule has 6 nitrogen and oxygen atoms in total. The number of carbonyl (C=O) groups excluding carboxylic acids is 1. The lowest BCUT2D eigenvalue weighted by atomic mass is 10.1. The number of nitro groups is 1. The number of rotatable bonds is 6. The summed E-state index contributed by atoms with van der Waals surface area (Å²) >= 11 is 0. The zero-order chi connectivity index (χ0) is 17.7. The van der Waals surface area contributed by atoms with Crippen molar-refractivity contribution in [3.63, 3.8) is 0 Å². The van der Waals surface area contributed by atoms with Crippen LogP contribution in [-0.4, -0.2) is 24.0 Å². The second kappa shape index (κ2) is 7.54. The zero-order valence-electron chi connectivity index (χ0n) is 13.3. The van der Waals surface area contributed by atoms with Gasteiger partial charge in [-0.25, -0.2) is 4.39 Å². The van der Waals surface area contributed by atoms with Crippen molar-refractivity contribution in [2.75, 3.05) is 13.2 Å². The summed E-state index contributed by atoms with van der Waals surface area (Å²) in [4.78, 5) is 22.2. The van der Waals surface area contributed by atoms with Gasteiger partial charge in [0.2, 0.25) is 0 Å². The van der Waals surface area contributed by atoms with E-state index >= 15 is 0 Å². The van der Waals surface area contributed by atoms with Gasteiger partial charge in [0, 0.05) is 11.6 Å². The van der Waals surface area contributed by atoms with Gasteiger partial charge in [-0.1, -0.05) is 18.2 Å². The van der Waals surface area contributed by atoms with E-state index in [2.05, 4.69) is 5.32 Å². The molecule has 2 aromatic carbocycles. The van der Waals surface area contributed by atoms with E-state index in [9.17, 15) is 19.3 Å². The van der Waals surface area contributed by atoms with Gasteiger partial charge in [-0.2, -0.15) is 0 Å². The van der Waals surface area contributed by atoms with Crippen molar-refractivity contribution in [1.82, 2.24) is 5.32 Å². The lowest BCUT2D eigenvalue weighted by Crippen LogP contribution is -2.28. The lowest BCUT2D eigenvalue weighted by Gasteiger charge is -2.10. The second-order valence-corrected chi connectivity index (χ2v) is 5.23. The SMILES string of the molecule is Cc1ccccc1OCCNC(=O)c1cc(F)c(C)c([N+](=O)[O-])c1. The number of nitro benzene ring substituents is 1. The molecule has 0 heterocycles. The fourth-order valence-electron chi connectivity index (χ4n) is 2.13. The number of benzene rings is 2. The molecule has 0 fully saturated rings. The highest BCUT2D eigenvalue weighted by Crippen LogP contribution is 2.22. The van der Waals surface area contributed by atoms with E-state index in [1.807, 2.05) is 31.2 Å². The maximum Gasteiger partial charge on any atom is 0.276 e. The number of halogens is 1. The van der Waals surface area contributed by atoms with Crippen LogP contribution in [0.15, 0.2) is 36.4 Å². The van der Waals surface area contributed by atoms with E-state index in [4.69, 9.17) is 4.74 Å². The molecule has 0 aliphatic rings. The molecule has 0 atom stereocenters. The molecule has 1 N–H and O–H groups in total. The molecule has 126 valence electrons. The molecule has 0 spiro atoms. The Kier molecular flexibility index (Phi) is 5.47. The molecule has 7 heteroatoms. The molecule has 0 saturated heterocycles. The van der Waals surface area contributed by atoms with Gasteiger partial charge in [0.25, 0.3) is 11.6 Å². The third kappa shape index (κ3) is 4.07. The van der Waals surface area contributed by atoms with Gasteiger partial charge in [-0.15, -0.1) is 0 Å². The average molecular weight is 332 g/mol. The van der Waals surface area contributed by atoms with Gasteiger partial charge < -0.3 is 10.1 Å². The van der Waals surface area contributed by atoms with Crippen LogP contribution >= 0.6 is 0 Å². The summed E-state index contributed by atoms with van der Waals surface area (Å²) in [5, 5.41) is 13.4. The van der Waals surface area contributed by atoms with Crippen LogP contribution in [0.25, 0.3) is 0 Å². The molecule has 0 radical (unpaired) electrons. The monoisotopic (exact) mass is 332 g/mol. The molecular formula is C17H17FN2O4. The zero-order valence-corrected chi connectivity index (χ0v) is 13.3. The number of carbonyl (C=O) groups is 1. The number of hydrogen-bond acceptors (Lipinski definition) is 4. The Balaban J connectivity index is 1.96. The van der Waals surface area contributed by atoms with E-state index in [0.29, 0.717) is 5.75 Å². The van der Waals surface area contributed by atoms with Crippen LogP contribution in [0.1, 0.15) is 21.5 Å². The Morgan fingerprint density at radius 1 is 1.29 bits per heavy atom. The minimum absolute atomic E-state index is 0.0966. The summed E-state index contributed by atoms with van der Waals surface area (Å²) in [6, 6.07) is 9.51. The molecule has 0 unspecified atom stereocenters. The van der Waals surface area contributed by atoms with E-state index in [0.717, 1.165) is 17.7 Å². The van der Waals surface area contributed by atoms with Gasteiger partial charge in [0.05, 0.1) is 17.0 Å². The highest BCUT2D eigenvalue weighted by atomic mass is 19.1. The highest BCUT2D eigenvalue weighted by Gasteiger charge is 2.19. The van der Waals surface area contributed by atoms with Crippen LogP contribution in [-0.2, 0) is 0 Å². The van der Waals surface area contributed by atoms with E-state index in [-0.39, 0.29) is 24.3 Å². The molecule has 2 aromatic rings. The Bertz CT molecular complexity index is 777. The summed E-state index contributed by atoms with van der Waals surface area (Å²) in [5.74, 6) is -0.667. The summed E-state index contributed by atoms with van der Waals surface area (Å²) in [6.07, 6.45) is 0. The summed E-state index contributed by atoms with van der Waals surface area (Å²) in [6.45, 7) is 3.62. The Labute approximate surface area is 138 Å². The van der Waals surface area contributed by atoms with Crippen LogP contribution in [0.4, 0.5) is 10.1 Å². The molecule has 24 heavy (non-hydrogen) atoms. The topological polar surface area (TPSA) is 81.5 Å². The van der Waals surface area contributed by atoms with Crippen molar-refractivity contribution >= 4 is 11.6 Å². The molecule has 0 aromatic heterocycles. The van der Waals surface area contributed by atoms with Crippen molar-refractivity contribution < 1.29 is 18.8 Å². The predicted molar refractivity (Wildman–Crippen MR) is 86.8 cm³/mol. The smallest absolute Gasteiger partial charge is 0.276 e. The van der Waals surface area contributed by atoms with Crippen molar-refractivity contribution in [3.8, 4) is 5.75 Å². The lowest BCUT2D eigenvalue weighted by molar-refractivity contribution is -0.385. The van der Waals surface area contributed by atoms with Crippen LogP contribution in [0.5, 0.6) is 5.75 Å². The number of aryl methyl sites for hydroxylation is 1. The largest absolute Gasteiger partial charge is 0.491 e. The number of nitrogens with one attached hydrogen (secondary N) is 1. The fourth-order valence-corrected chi connectivity index (χ4v) is 2.13. The molecule has 0 saturated carbocycles. The van der Waals surface area contributed by atoms with Gasteiger partial charge >= 0.3 is 0 Å². The summed E-state index contributed by atoms with van der Waals surface area (Å²) in [7, 11) is 0. The van der Waals surface area contributed by atoms with Gasteiger partial charge in [-0.05, 0) is 31.5 Å². The summed E-state index contributed by atoms with van der Waals surface area (Å²) in [5.41, 5.74) is 0.358. The number of nitrogens with zero attached hydrogens (tertiary/aromatic N) is 1. The molecule has 2 rings (SSSR count). The Hall–Kier alpha value is -2.96. The minimum atomic E-state index is -0.787. The van der Waals surface area contributed by atoms with E-state index < -0.39 is 22.3 Å². The fraction of sp³-hybridized carbons (Fsp3) is 0.235. The Morgan fingerprint density at radius 2 is 2.00 bits per heavy atom. The van der Waals surface area contributed by atoms with Gasteiger partial charge in [0.1, 0.15) is 18.2 Å². The van der Waals surface area contributed by atoms with Crippen LogP contribution in [0.3, 0.4) is 0 Å². The normalized spacial score (nSPS) is 10.3. The molecular weight excluding hydrogens is 315 g/mol. The third-order valence-electron chi connectivity index (χ3n) is 3.51. The highest BCUT2D eigenvalue weighted by molar-refractivity contribution is 5.95. The molecule has 0 bridgehead atoms. The first-order valence-electron chi connectivity index (χ1n) is 7.31. The van der Waals surface area contributed by atoms with E-state index in [1.54, 1.807) is 0 Å². The minimum Gasteiger partial charge on any atom is -0.491 e. The maximum atomic E-state index is 13.7. The molecule has 0 aliphatic heterocycles. The molecule has 1 amide bonds. The number of para-hydroxylation sites is 1. The maximum absolute atomic E-state index is 13.7. The summed E-state index contributed by atoms with van der Waals surface area (Å²) < 4.78 is 19.2. The van der Waals surface area contributed by atoms with Crippen LogP contribution in [0.2, 0.25) is 0 Å². The predicted octanol–water partition coefficient (Wildman–Crippen LogP) is 3.16. The van der Waals surface area contributed by atoms with Crippen LogP contribution < -0.4 is 10.1 Å². The first kappa shape index (κ1) is 17.4. The number of ether oxygens (including phenoxy) is 1. The van der Waals surface area contributed by atoms with Gasteiger partial charge in [-0.3, -0.25) is 14.9 Å². The van der Waals surface area contributed by atoms with E-state index in [1.165, 1.54) is 6.92 Å². The van der Waals surface area contributed by atoms with Gasteiger partial charge in [0.15, 0.2) is 0 Å². The van der Waals surface area contributed by atoms with Crippen LogP contribution in [0, 0.1) is 29.8 Å². The van der Waals surface area contributed by atoms with Crippen molar-refractivity contribution in [3.05, 3.63) is 69.0 Å². The van der Waals surface area contributed by atoms with Crippen molar-refractivity contribution in [2.24, 2.45) is 0 Å². The van der Waals surface area contributed by atoms with Crippen molar-refractivity contribution in [1.29, 1.82) is 0 Å². The first-order chi connectivity index (χ1) is 11.4. The second-order valence-electron chi connectivity index (χ2n) is 5.23. The Morgan fingerprint density at radius 3 is 2.67 bits per heavy atom. The van der Waals surface area contributed by atoms with Crippen molar-refractivity contribution in [2.45, 2.75) is 13.8 Å². The number of amides is 1. The quantitative estimate of drug-likeness (QED) is 0.500. The standard InChI is InChI=1S/C17H17FN2O4/c1-11-5-3-4-6-16(11)24-8-7-19-17(21)13-9-14(18)12(2)15(10-13)20(22)23/h3-6,9-10H,7-8H2,1-2H3,(H,19,21). The molecule has 0 aliphatic carbocycles. The third-order valence-corrected chi connectivity index (χ3v) is 3.51. The number of hydrogen-bond donors (Lipinski definition) is 1. The first-order valence-corrected chi connectivity index (χ1v) is 7.31. The average Bonchev–Trinajstić information content (AvgIpc) is 2.55.